The van der Waals surface area contributed by atoms with Crippen molar-refractivity contribution in [3.05, 3.63) is 71.3 Å². The maximum atomic E-state index is 5.75. The molecule has 96 valence electrons. The molecular formula is C20H16. The molecule has 0 N–H and O–H groups in total. The molecule has 0 bridgehead atoms. The van der Waals surface area contributed by atoms with Crippen molar-refractivity contribution in [3.63, 3.8) is 0 Å². The van der Waals surface area contributed by atoms with E-state index in [-0.39, 0.29) is 0 Å². The zero-order valence-corrected chi connectivity index (χ0v) is 11.8. The maximum Gasteiger partial charge on any atom is 0.0353 e. The Morgan fingerprint density at radius 1 is 0.800 bits per heavy atom. The lowest BCUT2D eigenvalue weighted by Gasteiger charge is -2.13. The van der Waals surface area contributed by atoms with Crippen LogP contribution in [0.1, 0.15) is 16.7 Å². The third-order valence-corrected chi connectivity index (χ3v) is 3.96. The molecule has 3 aromatic rings. The van der Waals surface area contributed by atoms with E-state index in [1.165, 1.54) is 27.5 Å². The first kappa shape index (κ1) is 12.5. The number of hydrogen-bond acceptors (Lipinski definition) is 0. The first-order chi connectivity index (χ1) is 9.72. The molecule has 3 aromatic carbocycles. The highest BCUT2D eigenvalue weighted by Gasteiger charge is 2.10. The molecule has 0 heteroatoms. The standard InChI is InChI=1S/C20H16/c1-4-17-15(3)14(2)12-13-20(17)19-11-7-9-16-8-5-6-10-18(16)19/h1,5-13H,2-3H3. The van der Waals surface area contributed by atoms with Crippen molar-refractivity contribution in [3.8, 4) is 23.5 Å². The fraction of sp³-hybridized carbons (Fsp3) is 0.100. The van der Waals surface area contributed by atoms with Gasteiger partial charge in [-0.2, -0.15) is 0 Å². The zero-order chi connectivity index (χ0) is 14.1. The van der Waals surface area contributed by atoms with Gasteiger partial charge in [0.15, 0.2) is 0 Å². The van der Waals surface area contributed by atoms with Crippen molar-refractivity contribution in [1.29, 1.82) is 0 Å². The summed E-state index contributed by atoms with van der Waals surface area (Å²) in [5, 5.41) is 2.49. The van der Waals surface area contributed by atoms with Crippen LogP contribution in [0.3, 0.4) is 0 Å². The van der Waals surface area contributed by atoms with E-state index in [1.54, 1.807) is 0 Å². The smallest absolute Gasteiger partial charge is 0.0353 e. The van der Waals surface area contributed by atoms with Crippen LogP contribution in [0, 0.1) is 26.2 Å². The second kappa shape index (κ2) is 4.87. The molecule has 0 unspecified atom stereocenters. The van der Waals surface area contributed by atoms with E-state index < -0.39 is 0 Å². The number of rotatable bonds is 1. The fourth-order valence-electron chi connectivity index (χ4n) is 2.69. The van der Waals surface area contributed by atoms with Gasteiger partial charge in [0.25, 0.3) is 0 Å². The second-order valence-corrected chi connectivity index (χ2v) is 5.10. The predicted molar refractivity (Wildman–Crippen MR) is 86.8 cm³/mol. The highest BCUT2D eigenvalue weighted by molar-refractivity contribution is 5.98. The van der Waals surface area contributed by atoms with Gasteiger partial charge < -0.3 is 0 Å². The summed E-state index contributed by atoms with van der Waals surface area (Å²) in [7, 11) is 0. The molecule has 3 rings (SSSR count). The summed E-state index contributed by atoms with van der Waals surface area (Å²) in [5.41, 5.74) is 5.78. The zero-order valence-electron chi connectivity index (χ0n) is 11.8. The average molecular weight is 256 g/mol. The van der Waals surface area contributed by atoms with Crippen molar-refractivity contribution in [1.82, 2.24) is 0 Å². The Hall–Kier alpha value is -2.52. The van der Waals surface area contributed by atoms with Crippen molar-refractivity contribution >= 4 is 10.8 Å². The first-order valence-electron chi connectivity index (χ1n) is 6.77. The molecule has 0 fully saturated rings. The quantitative estimate of drug-likeness (QED) is 0.531. The van der Waals surface area contributed by atoms with Gasteiger partial charge in [0.2, 0.25) is 0 Å². The molecule has 20 heavy (non-hydrogen) atoms. The van der Waals surface area contributed by atoms with Crippen LogP contribution in [-0.2, 0) is 0 Å². The summed E-state index contributed by atoms with van der Waals surface area (Å²) < 4.78 is 0. The van der Waals surface area contributed by atoms with E-state index in [0.29, 0.717) is 0 Å². The van der Waals surface area contributed by atoms with Crippen molar-refractivity contribution in [2.24, 2.45) is 0 Å². The van der Waals surface area contributed by atoms with Gasteiger partial charge in [0.1, 0.15) is 0 Å². The van der Waals surface area contributed by atoms with Gasteiger partial charge in [0, 0.05) is 5.56 Å². The lowest BCUT2D eigenvalue weighted by atomic mass is 9.91. The molecule has 0 heterocycles. The Morgan fingerprint density at radius 3 is 2.35 bits per heavy atom. The third-order valence-electron chi connectivity index (χ3n) is 3.96. The van der Waals surface area contributed by atoms with E-state index in [9.17, 15) is 0 Å². The lowest BCUT2D eigenvalue weighted by molar-refractivity contribution is 1.32. The monoisotopic (exact) mass is 256 g/mol. The Balaban J connectivity index is 2.38. The topological polar surface area (TPSA) is 0 Å². The minimum Gasteiger partial charge on any atom is -0.115 e. The summed E-state index contributed by atoms with van der Waals surface area (Å²) in [4.78, 5) is 0. The van der Waals surface area contributed by atoms with Crippen molar-refractivity contribution < 1.29 is 0 Å². The van der Waals surface area contributed by atoms with Gasteiger partial charge in [0.05, 0.1) is 0 Å². The van der Waals surface area contributed by atoms with Crippen LogP contribution in [0.15, 0.2) is 54.6 Å². The minimum atomic E-state index is 1.00. The van der Waals surface area contributed by atoms with Gasteiger partial charge in [-0.25, -0.2) is 0 Å². The Bertz CT molecular complexity index is 827. The highest BCUT2D eigenvalue weighted by atomic mass is 14.1. The van der Waals surface area contributed by atoms with Crippen LogP contribution in [0.5, 0.6) is 0 Å². The van der Waals surface area contributed by atoms with E-state index in [0.717, 1.165) is 11.1 Å². The van der Waals surface area contributed by atoms with Crippen LogP contribution in [0.25, 0.3) is 21.9 Å². The van der Waals surface area contributed by atoms with Crippen LogP contribution >= 0.6 is 0 Å². The first-order valence-corrected chi connectivity index (χ1v) is 6.77. The summed E-state index contributed by atoms with van der Waals surface area (Å²) in [5.74, 6) is 2.87. The summed E-state index contributed by atoms with van der Waals surface area (Å²) >= 11 is 0. The normalized spacial score (nSPS) is 10.4. The Morgan fingerprint density at radius 2 is 1.55 bits per heavy atom. The largest absolute Gasteiger partial charge is 0.115 e. The number of aryl methyl sites for hydroxylation is 1. The predicted octanol–water partition coefficient (Wildman–Crippen LogP) is 5.10. The molecule has 0 aliphatic carbocycles. The molecule has 0 spiro atoms. The molecular weight excluding hydrogens is 240 g/mol. The van der Waals surface area contributed by atoms with Crippen LogP contribution in [-0.4, -0.2) is 0 Å². The molecule has 0 aliphatic rings. The SMILES string of the molecule is C#Cc1c(-c2cccc3ccccc23)ccc(C)c1C. The van der Waals surface area contributed by atoms with E-state index in [4.69, 9.17) is 6.42 Å². The highest BCUT2D eigenvalue weighted by Crippen LogP contribution is 2.32. The van der Waals surface area contributed by atoms with Crippen molar-refractivity contribution in [2.75, 3.05) is 0 Å². The molecule has 0 nitrogen and oxygen atoms in total. The molecule has 0 amide bonds. The Labute approximate surface area is 120 Å². The van der Waals surface area contributed by atoms with Gasteiger partial charge in [-0.05, 0) is 46.9 Å². The third kappa shape index (κ3) is 1.89. The van der Waals surface area contributed by atoms with E-state index in [2.05, 4.69) is 74.4 Å². The van der Waals surface area contributed by atoms with Gasteiger partial charge in [-0.15, -0.1) is 6.42 Å². The number of terminal acetylenes is 1. The summed E-state index contributed by atoms with van der Waals surface area (Å²) in [6.07, 6.45) is 5.75. The average Bonchev–Trinajstić information content (AvgIpc) is 2.49. The van der Waals surface area contributed by atoms with Gasteiger partial charge >= 0.3 is 0 Å². The summed E-state index contributed by atoms with van der Waals surface area (Å²) in [6.45, 7) is 4.20. The second-order valence-electron chi connectivity index (χ2n) is 5.10. The number of benzene rings is 3. The van der Waals surface area contributed by atoms with Crippen LogP contribution in [0.2, 0.25) is 0 Å². The minimum absolute atomic E-state index is 1.00. The van der Waals surface area contributed by atoms with Gasteiger partial charge in [-0.1, -0.05) is 60.5 Å². The summed E-state index contributed by atoms with van der Waals surface area (Å²) in [6, 6.07) is 19.1. The maximum absolute atomic E-state index is 5.75. The molecule has 0 saturated heterocycles. The molecule has 0 radical (unpaired) electrons. The fourth-order valence-corrected chi connectivity index (χ4v) is 2.69. The molecule has 0 saturated carbocycles. The van der Waals surface area contributed by atoms with Crippen LogP contribution < -0.4 is 0 Å². The number of hydrogen-bond donors (Lipinski definition) is 0. The van der Waals surface area contributed by atoms with Crippen molar-refractivity contribution in [2.45, 2.75) is 13.8 Å². The Kier molecular flexibility index (Phi) is 3.05. The van der Waals surface area contributed by atoms with E-state index in [1.807, 2.05) is 0 Å². The lowest BCUT2D eigenvalue weighted by Crippen LogP contribution is -1.92. The number of fused-ring (bicyclic) bond motifs is 1. The molecule has 0 aromatic heterocycles. The van der Waals surface area contributed by atoms with Gasteiger partial charge in [-0.3, -0.25) is 0 Å². The van der Waals surface area contributed by atoms with E-state index >= 15 is 0 Å². The van der Waals surface area contributed by atoms with Crippen LogP contribution in [0.4, 0.5) is 0 Å². The molecule has 0 atom stereocenters. The molecule has 0 aliphatic heterocycles.